The van der Waals surface area contributed by atoms with Gasteiger partial charge in [0, 0.05) is 17.8 Å². The van der Waals surface area contributed by atoms with Gasteiger partial charge in [-0.2, -0.15) is 0 Å². The van der Waals surface area contributed by atoms with Crippen molar-refractivity contribution in [3.8, 4) is 0 Å². The lowest BCUT2D eigenvalue weighted by molar-refractivity contribution is -0.175. The second-order valence-electron chi connectivity index (χ2n) is 7.21. The molecule has 108 valence electrons. The maximum absolute atomic E-state index is 11.9. The van der Waals surface area contributed by atoms with Gasteiger partial charge in [-0.1, -0.05) is 0 Å². The largest absolute Gasteiger partial charge is 0.448 e. The second kappa shape index (κ2) is 4.07. The van der Waals surface area contributed by atoms with Gasteiger partial charge in [0.25, 0.3) is 0 Å². The molecule has 1 N–H and O–H groups in total. The van der Waals surface area contributed by atoms with Crippen LogP contribution in [0, 0.1) is 17.3 Å². The predicted octanol–water partition coefficient (Wildman–Crippen LogP) is 2.20. The SMILES string of the molecule is O=C(OCC12CC3CC(CC(O)(C3)C1)C2)n1ccnc1. The summed E-state index contributed by atoms with van der Waals surface area (Å²) in [6.45, 7) is 0.430. The number of aromatic nitrogens is 2. The summed E-state index contributed by atoms with van der Waals surface area (Å²) in [6.07, 6.45) is 10.4. The van der Waals surface area contributed by atoms with E-state index < -0.39 is 5.60 Å². The molecule has 20 heavy (non-hydrogen) atoms. The highest BCUT2D eigenvalue weighted by Crippen LogP contribution is 2.61. The summed E-state index contributed by atoms with van der Waals surface area (Å²) in [5.74, 6) is 1.24. The molecule has 0 aliphatic heterocycles. The van der Waals surface area contributed by atoms with Crippen molar-refractivity contribution in [2.45, 2.75) is 44.1 Å². The van der Waals surface area contributed by atoms with Crippen molar-refractivity contribution < 1.29 is 14.6 Å². The summed E-state index contributed by atoms with van der Waals surface area (Å²) in [6, 6.07) is 0. The number of hydrogen-bond acceptors (Lipinski definition) is 4. The Labute approximate surface area is 118 Å². The standard InChI is InChI=1S/C15H20N2O3/c18-13(17-2-1-16-10-17)20-9-14-4-11-3-12(5-14)7-15(19,6-11)8-14/h1-2,10-12,19H,3-9H2. The number of nitrogens with zero attached hydrogens (tertiary/aromatic N) is 2. The molecule has 5 nitrogen and oxygen atoms in total. The van der Waals surface area contributed by atoms with Gasteiger partial charge in [0.2, 0.25) is 0 Å². The molecule has 0 saturated heterocycles. The average Bonchev–Trinajstić information content (AvgIpc) is 2.86. The summed E-state index contributed by atoms with van der Waals surface area (Å²) in [5, 5.41) is 10.7. The van der Waals surface area contributed by atoms with E-state index in [1.165, 1.54) is 17.3 Å². The van der Waals surface area contributed by atoms with Crippen LogP contribution in [-0.2, 0) is 4.74 Å². The molecule has 4 saturated carbocycles. The van der Waals surface area contributed by atoms with Gasteiger partial charge in [-0.15, -0.1) is 0 Å². The fourth-order valence-electron chi connectivity index (χ4n) is 5.23. The average molecular weight is 276 g/mol. The van der Waals surface area contributed by atoms with E-state index in [0.29, 0.717) is 18.4 Å². The van der Waals surface area contributed by atoms with E-state index in [9.17, 15) is 9.90 Å². The Morgan fingerprint density at radius 2 is 2.10 bits per heavy atom. The van der Waals surface area contributed by atoms with E-state index in [0.717, 1.165) is 32.1 Å². The van der Waals surface area contributed by atoms with Crippen LogP contribution in [0.15, 0.2) is 18.7 Å². The smallest absolute Gasteiger partial charge is 0.419 e. The molecule has 0 amide bonds. The minimum absolute atomic E-state index is 0.00900. The highest BCUT2D eigenvalue weighted by molar-refractivity contribution is 5.70. The number of rotatable bonds is 2. The molecule has 5 heteroatoms. The summed E-state index contributed by atoms with van der Waals surface area (Å²) in [5.41, 5.74) is -0.486. The fourth-order valence-corrected chi connectivity index (χ4v) is 5.23. The van der Waals surface area contributed by atoms with Crippen molar-refractivity contribution in [3.63, 3.8) is 0 Å². The van der Waals surface area contributed by atoms with Gasteiger partial charge in [0.15, 0.2) is 0 Å². The first-order valence-corrected chi connectivity index (χ1v) is 7.43. The van der Waals surface area contributed by atoms with Crippen molar-refractivity contribution in [3.05, 3.63) is 18.7 Å². The maximum Gasteiger partial charge on any atom is 0.419 e. The molecule has 5 rings (SSSR count). The molecule has 4 fully saturated rings. The molecule has 2 unspecified atom stereocenters. The number of aliphatic hydroxyl groups is 1. The molecule has 0 spiro atoms. The third-order valence-electron chi connectivity index (χ3n) is 5.37. The first-order chi connectivity index (χ1) is 9.56. The van der Waals surface area contributed by atoms with Crippen LogP contribution in [0.25, 0.3) is 0 Å². The van der Waals surface area contributed by atoms with Crippen LogP contribution < -0.4 is 0 Å². The molecular weight excluding hydrogens is 256 g/mol. The van der Waals surface area contributed by atoms with E-state index in [2.05, 4.69) is 4.98 Å². The van der Waals surface area contributed by atoms with E-state index in [1.807, 2.05) is 0 Å². The molecule has 1 aromatic rings. The summed E-state index contributed by atoms with van der Waals surface area (Å²) >= 11 is 0. The number of carbonyl (C=O) groups is 1. The molecule has 1 aromatic heterocycles. The highest BCUT2D eigenvalue weighted by atomic mass is 16.5. The molecule has 4 aliphatic rings. The van der Waals surface area contributed by atoms with Crippen LogP contribution in [0.3, 0.4) is 0 Å². The highest BCUT2D eigenvalue weighted by Gasteiger charge is 2.57. The molecule has 0 radical (unpaired) electrons. The Bertz CT molecular complexity index is 511. The molecule has 2 atom stereocenters. The van der Waals surface area contributed by atoms with Crippen molar-refractivity contribution >= 4 is 6.09 Å². The van der Waals surface area contributed by atoms with Crippen molar-refractivity contribution in [2.24, 2.45) is 17.3 Å². The maximum atomic E-state index is 11.9. The van der Waals surface area contributed by atoms with Gasteiger partial charge in [-0.25, -0.2) is 14.3 Å². The van der Waals surface area contributed by atoms with Crippen molar-refractivity contribution in [1.82, 2.24) is 9.55 Å². The molecule has 4 aliphatic carbocycles. The summed E-state index contributed by atoms with van der Waals surface area (Å²) in [7, 11) is 0. The number of hydrogen-bond donors (Lipinski definition) is 1. The van der Waals surface area contributed by atoms with Gasteiger partial charge < -0.3 is 9.84 Å². The van der Waals surface area contributed by atoms with Gasteiger partial charge in [-0.3, -0.25) is 0 Å². The van der Waals surface area contributed by atoms with Crippen molar-refractivity contribution in [2.75, 3.05) is 6.61 Å². The Hall–Kier alpha value is -1.36. The Morgan fingerprint density at radius 3 is 2.70 bits per heavy atom. The van der Waals surface area contributed by atoms with E-state index in [4.69, 9.17) is 4.74 Å². The quantitative estimate of drug-likeness (QED) is 0.899. The van der Waals surface area contributed by atoms with Gasteiger partial charge in [-0.05, 0) is 50.4 Å². The van der Waals surface area contributed by atoms with E-state index in [-0.39, 0.29) is 11.5 Å². The van der Waals surface area contributed by atoms with Gasteiger partial charge in [0.1, 0.15) is 6.33 Å². The van der Waals surface area contributed by atoms with Crippen LogP contribution in [-0.4, -0.2) is 33.0 Å². The molecular formula is C15H20N2O3. The number of imidazole rings is 1. The van der Waals surface area contributed by atoms with Crippen LogP contribution in [0.4, 0.5) is 4.79 Å². The molecule has 0 aromatic carbocycles. The minimum atomic E-state index is -0.495. The van der Waals surface area contributed by atoms with Crippen LogP contribution >= 0.6 is 0 Å². The molecule has 4 bridgehead atoms. The van der Waals surface area contributed by atoms with Gasteiger partial charge in [0.05, 0.1) is 12.2 Å². The zero-order chi connectivity index (χ0) is 13.8. The Balaban J connectivity index is 1.47. The third kappa shape index (κ3) is 1.95. The van der Waals surface area contributed by atoms with E-state index in [1.54, 1.807) is 12.4 Å². The topological polar surface area (TPSA) is 64.3 Å². The van der Waals surface area contributed by atoms with Gasteiger partial charge >= 0.3 is 6.09 Å². The summed E-state index contributed by atoms with van der Waals surface area (Å²) in [4.78, 5) is 15.8. The third-order valence-corrected chi connectivity index (χ3v) is 5.37. The van der Waals surface area contributed by atoms with Crippen LogP contribution in [0.2, 0.25) is 0 Å². The van der Waals surface area contributed by atoms with E-state index >= 15 is 0 Å². The van der Waals surface area contributed by atoms with Crippen LogP contribution in [0.1, 0.15) is 38.5 Å². The Morgan fingerprint density at radius 1 is 1.35 bits per heavy atom. The number of carbonyl (C=O) groups excluding carboxylic acids is 1. The molecule has 1 heterocycles. The lowest BCUT2D eigenvalue weighted by atomic mass is 9.48. The van der Waals surface area contributed by atoms with Crippen LogP contribution in [0.5, 0.6) is 0 Å². The fraction of sp³-hybridized carbons (Fsp3) is 0.733. The Kier molecular flexibility index (Phi) is 2.52. The normalized spacial score (nSPS) is 41.9. The lowest BCUT2D eigenvalue weighted by Gasteiger charge is -2.59. The zero-order valence-corrected chi connectivity index (χ0v) is 11.5. The minimum Gasteiger partial charge on any atom is -0.448 e. The summed E-state index contributed by atoms with van der Waals surface area (Å²) < 4.78 is 6.85. The first-order valence-electron chi connectivity index (χ1n) is 7.43. The lowest BCUT2D eigenvalue weighted by Crippen LogP contribution is -2.57. The second-order valence-corrected chi connectivity index (χ2v) is 7.21. The first kappa shape index (κ1) is 12.4. The zero-order valence-electron chi connectivity index (χ0n) is 11.5. The van der Waals surface area contributed by atoms with Crippen molar-refractivity contribution in [1.29, 1.82) is 0 Å². The predicted molar refractivity (Wildman–Crippen MR) is 71.0 cm³/mol. The monoisotopic (exact) mass is 276 g/mol. The number of ether oxygens (including phenoxy) is 1.